The van der Waals surface area contributed by atoms with Crippen LogP contribution < -0.4 is 21.2 Å². The third-order valence-corrected chi connectivity index (χ3v) is 14.3. The molecule has 0 bridgehead atoms. The van der Waals surface area contributed by atoms with E-state index in [1.807, 2.05) is 0 Å². The molecule has 6 aromatic rings. The van der Waals surface area contributed by atoms with Crippen molar-refractivity contribution in [3.8, 4) is 0 Å². The summed E-state index contributed by atoms with van der Waals surface area (Å²) < 4.78 is 5.70. The number of hydrogen-bond donors (Lipinski definition) is 0. The quantitative estimate of drug-likeness (QED) is 0.0941. The number of nitrogens with zero attached hydrogens (tertiary/aromatic N) is 2. The lowest BCUT2D eigenvalue weighted by molar-refractivity contribution is 0.294. The van der Waals surface area contributed by atoms with Crippen molar-refractivity contribution in [2.24, 2.45) is 0 Å². The van der Waals surface area contributed by atoms with E-state index < -0.39 is 16.1 Å². The van der Waals surface area contributed by atoms with Crippen molar-refractivity contribution in [3.05, 3.63) is 193 Å². The van der Waals surface area contributed by atoms with Crippen LogP contribution in [0.25, 0.3) is 0 Å². The molecular formula is C45H48N2P2. The summed E-state index contributed by atoms with van der Waals surface area (Å²) in [5, 5.41) is 5.62. The molecular weight excluding hydrogens is 630 g/mol. The van der Waals surface area contributed by atoms with Gasteiger partial charge >= 0.3 is 0 Å². The molecule has 0 fully saturated rings. The fourth-order valence-electron chi connectivity index (χ4n) is 6.94. The molecule has 6 rings (SSSR count). The maximum atomic E-state index is 2.85. The first-order valence-corrected chi connectivity index (χ1v) is 20.3. The van der Waals surface area contributed by atoms with Crippen molar-refractivity contribution in [2.45, 2.75) is 45.2 Å². The first-order valence-electron chi connectivity index (χ1n) is 17.7. The molecule has 0 spiro atoms. The maximum Gasteiger partial charge on any atom is 0.0387 e. The third kappa shape index (κ3) is 8.83. The summed E-state index contributed by atoms with van der Waals surface area (Å²) in [5.41, 5.74) is 2.79. The molecule has 0 aromatic heterocycles. The first kappa shape index (κ1) is 34.9. The van der Waals surface area contributed by atoms with Gasteiger partial charge in [-0.1, -0.05) is 196 Å². The van der Waals surface area contributed by atoms with Crippen LogP contribution in [0.1, 0.15) is 56.3 Å². The largest absolute Gasteiger partial charge is 0.267 e. The van der Waals surface area contributed by atoms with Gasteiger partial charge in [-0.3, -0.25) is 9.34 Å². The molecule has 0 aliphatic carbocycles. The molecule has 2 nitrogen and oxygen atoms in total. The molecule has 0 saturated heterocycles. The van der Waals surface area contributed by atoms with Crippen molar-refractivity contribution in [1.82, 2.24) is 9.34 Å². The zero-order valence-electron chi connectivity index (χ0n) is 28.8. The minimum Gasteiger partial charge on any atom is -0.267 e. The predicted octanol–water partition coefficient (Wildman–Crippen LogP) is 10.4. The van der Waals surface area contributed by atoms with Crippen LogP contribution >= 0.6 is 16.1 Å². The molecule has 4 heteroatoms. The van der Waals surface area contributed by atoms with Crippen LogP contribution in [0.4, 0.5) is 0 Å². The number of hydrogen-bond acceptors (Lipinski definition) is 2. The Labute approximate surface area is 297 Å². The van der Waals surface area contributed by atoms with Crippen LogP contribution in [-0.4, -0.2) is 22.4 Å². The summed E-state index contributed by atoms with van der Waals surface area (Å²) >= 11 is 0. The molecule has 0 aliphatic rings. The van der Waals surface area contributed by atoms with Crippen molar-refractivity contribution in [1.29, 1.82) is 0 Å². The highest BCUT2D eigenvalue weighted by atomic mass is 31.1. The van der Waals surface area contributed by atoms with Gasteiger partial charge in [0.05, 0.1) is 0 Å². The molecule has 0 aliphatic heterocycles. The fourth-order valence-corrected chi connectivity index (χ4v) is 12.4. The Balaban J connectivity index is 1.41. The van der Waals surface area contributed by atoms with Gasteiger partial charge < -0.3 is 0 Å². The summed E-state index contributed by atoms with van der Waals surface area (Å²) in [4.78, 5) is 0. The molecule has 2 atom stereocenters. The normalized spacial score (nSPS) is 12.9. The van der Waals surface area contributed by atoms with E-state index in [0.29, 0.717) is 12.1 Å². The van der Waals surface area contributed by atoms with Crippen LogP contribution in [0, 0.1) is 0 Å². The maximum absolute atomic E-state index is 2.85. The Bertz CT molecular complexity index is 1560. The minimum atomic E-state index is -0.760. The molecule has 0 radical (unpaired) electrons. The minimum absolute atomic E-state index is 0.307. The number of benzene rings is 6. The molecule has 2 unspecified atom stereocenters. The Morgan fingerprint density at radius 3 is 0.857 bits per heavy atom. The number of rotatable bonds is 16. The van der Waals surface area contributed by atoms with Gasteiger partial charge in [0, 0.05) is 41.3 Å². The summed E-state index contributed by atoms with van der Waals surface area (Å²) in [6.45, 7) is 6.70. The Hall–Kier alpha value is -3.90. The summed E-state index contributed by atoms with van der Waals surface area (Å²) in [7, 11) is -1.52. The first-order chi connectivity index (χ1) is 24.3. The van der Waals surface area contributed by atoms with Crippen LogP contribution in [0.2, 0.25) is 0 Å². The van der Waals surface area contributed by atoms with Crippen molar-refractivity contribution in [2.75, 3.05) is 13.1 Å². The van der Waals surface area contributed by atoms with Gasteiger partial charge in [0.2, 0.25) is 0 Å². The van der Waals surface area contributed by atoms with E-state index in [4.69, 9.17) is 0 Å². The highest BCUT2D eigenvalue weighted by molar-refractivity contribution is 7.71. The van der Waals surface area contributed by atoms with E-state index >= 15 is 0 Å². The van der Waals surface area contributed by atoms with Gasteiger partial charge in [-0.15, -0.1) is 0 Å². The van der Waals surface area contributed by atoms with Gasteiger partial charge in [-0.2, -0.15) is 0 Å². The average Bonchev–Trinajstić information content (AvgIpc) is 3.18. The highest BCUT2D eigenvalue weighted by Crippen LogP contribution is 2.48. The standard InChI is InChI=1S/C45H48N2P2/c1-3-44(38-24-11-5-12-25-38)46(48(40-28-15-7-16-29-40)41-30-17-8-18-31-41)36-23-37-47(45(4-2)39-26-13-6-14-27-39)49(42-32-19-9-20-33-42)43-34-21-10-22-35-43/h5-22,24-35,44-45H,3-4,23,36-37H2,1-2H3. The predicted molar refractivity (Wildman–Crippen MR) is 215 cm³/mol. The molecule has 49 heavy (non-hydrogen) atoms. The van der Waals surface area contributed by atoms with Gasteiger partial charge in [-0.05, 0) is 51.6 Å². The third-order valence-electron chi connectivity index (χ3n) is 9.15. The molecule has 0 heterocycles. The fraction of sp³-hybridized carbons (Fsp3) is 0.200. The molecule has 0 saturated carbocycles. The second kappa shape index (κ2) is 18.2. The topological polar surface area (TPSA) is 6.48 Å². The Morgan fingerprint density at radius 1 is 0.367 bits per heavy atom. The average molecular weight is 679 g/mol. The summed E-state index contributed by atoms with van der Waals surface area (Å²) in [5.74, 6) is 0. The highest BCUT2D eigenvalue weighted by Gasteiger charge is 2.32. The van der Waals surface area contributed by atoms with Crippen LogP contribution in [0.3, 0.4) is 0 Å². The summed E-state index contributed by atoms with van der Waals surface area (Å²) in [6, 6.07) is 67.9. The van der Waals surface area contributed by atoms with E-state index in [9.17, 15) is 0 Å². The SMILES string of the molecule is CCC(c1ccccc1)N(CCCN(C(CC)c1ccccc1)P(c1ccccc1)c1ccccc1)P(c1ccccc1)c1ccccc1. The van der Waals surface area contributed by atoms with E-state index in [1.165, 1.54) is 32.3 Å². The van der Waals surface area contributed by atoms with Gasteiger partial charge in [0.15, 0.2) is 0 Å². The van der Waals surface area contributed by atoms with Gasteiger partial charge in [0.1, 0.15) is 0 Å². The molecule has 0 amide bonds. The lowest BCUT2D eigenvalue weighted by Gasteiger charge is -2.41. The van der Waals surface area contributed by atoms with Gasteiger partial charge in [-0.25, -0.2) is 0 Å². The van der Waals surface area contributed by atoms with Crippen LogP contribution in [-0.2, 0) is 0 Å². The van der Waals surface area contributed by atoms with Crippen molar-refractivity contribution < 1.29 is 0 Å². The van der Waals surface area contributed by atoms with E-state index in [0.717, 1.165) is 32.4 Å². The lowest BCUT2D eigenvalue weighted by atomic mass is 10.0. The molecule has 0 N–H and O–H groups in total. The smallest absolute Gasteiger partial charge is 0.0387 e. The second-order valence-electron chi connectivity index (χ2n) is 12.3. The molecule has 248 valence electrons. The van der Waals surface area contributed by atoms with Crippen LogP contribution in [0.15, 0.2) is 182 Å². The van der Waals surface area contributed by atoms with E-state index in [2.05, 4.69) is 205 Å². The summed E-state index contributed by atoms with van der Waals surface area (Å²) in [6.07, 6.45) is 3.16. The van der Waals surface area contributed by atoms with Gasteiger partial charge in [0.25, 0.3) is 0 Å². The zero-order chi connectivity index (χ0) is 33.7. The Morgan fingerprint density at radius 2 is 0.612 bits per heavy atom. The zero-order valence-corrected chi connectivity index (χ0v) is 30.6. The monoisotopic (exact) mass is 678 g/mol. The molecule has 6 aromatic carbocycles. The Kier molecular flexibility index (Phi) is 13.0. The van der Waals surface area contributed by atoms with E-state index in [-0.39, 0.29) is 0 Å². The lowest BCUT2D eigenvalue weighted by Crippen LogP contribution is -2.36. The second-order valence-corrected chi connectivity index (χ2v) is 16.7. The van der Waals surface area contributed by atoms with E-state index in [1.54, 1.807) is 0 Å². The van der Waals surface area contributed by atoms with Crippen LogP contribution in [0.5, 0.6) is 0 Å². The van der Waals surface area contributed by atoms with Crippen molar-refractivity contribution >= 4 is 37.4 Å². The van der Waals surface area contributed by atoms with Crippen molar-refractivity contribution in [3.63, 3.8) is 0 Å².